The Morgan fingerprint density at radius 2 is 2.11 bits per heavy atom. The van der Waals surface area contributed by atoms with E-state index in [9.17, 15) is 9.50 Å². The molecule has 3 unspecified atom stereocenters. The zero-order valence-electron chi connectivity index (χ0n) is 11.0. The molecule has 2 aliphatic rings. The van der Waals surface area contributed by atoms with Gasteiger partial charge in [0.25, 0.3) is 0 Å². The number of anilines is 1. The molecular formula is C15H21FN2O. The highest BCUT2D eigenvalue weighted by Crippen LogP contribution is 2.34. The first-order chi connectivity index (χ1) is 9.24. The summed E-state index contributed by atoms with van der Waals surface area (Å²) in [6.07, 6.45) is 6.15. The lowest BCUT2D eigenvalue weighted by Gasteiger charge is -2.27. The van der Waals surface area contributed by atoms with E-state index in [1.807, 2.05) is 0 Å². The monoisotopic (exact) mass is 264 g/mol. The van der Waals surface area contributed by atoms with Crippen LogP contribution >= 0.6 is 0 Å². The fourth-order valence-electron chi connectivity index (χ4n) is 3.54. The van der Waals surface area contributed by atoms with E-state index in [1.54, 1.807) is 6.07 Å². The van der Waals surface area contributed by atoms with Crippen LogP contribution in [0.15, 0.2) is 18.2 Å². The number of hydrogen-bond donors (Lipinski definition) is 3. The molecular weight excluding hydrogens is 243 g/mol. The van der Waals surface area contributed by atoms with Crippen molar-refractivity contribution in [3.8, 4) is 5.75 Å². The molecule has 1 aromatic rings. The summed E-state index contributed by atoms with van der Waals surface area (Å²) in [4.78, 5) is 0. The summed E-state index contributed by atoms with van der Waals surface area (Å²) in [6, 6.07) is 5.57. The highest BCUT2D eigenvalue weighted by Gasteiger charge is 2.34. The number of phenolic OH excluding ortho intramolecular Hbond substituents is 1. The van der Waals surface area contributed by atoms with Crippen LogP contribution in [0, 0.1) is 11.7 Å². The second-order valence-electron chi connectivity index (χ2n) is 5.71. The van der Waals surface area contributed by atoms with Gasteiger partial charge in [0.2, 0.25) is 0 Å². The van der Waals surface area contributed by atoms with Gasteiger partial charge in [-0.05, 0) is 50.3 Å². The van der Waals surface area contributed by atoms with Gasteiger partial charge in [-0.15, -0.1) is 0 Å². The van der Waals surface area contributed by atoms with E-state index in [-0.39, 0.29) is 5.75 Å². The van der Waals surface area contributed by atoms with Crippen molar-refractivity contribution in [2.24, 2.45) is 5.92 Å². The lowest BCUT2D eigenvalue weighted by atomic mass is 9.93. The molecule has 4 heteroatoms. The summed E-state index contributed by atoms with van der Waals surface area (Å²) in [5.41, 5.74) is 0.769. The predicted molar refractivity (Wildman–Crippen MR) is 73.8 cm³/mol. The molecule has 1 aromatic carbocycles. The maximum Gasteiger partial charge on any atom is 0.166 e. The Kier molecular flexibility index (Phi) is 3.60. The number of rotatable bonds is 3. The smallest absolute Gasteiger partial charge is 0.166 e. The fourth-order valence-corrected chi connectivity index (χ4v) is 3.54. The first-order valence-electron chi connectivity index (χ1n) is 7.22. The molecule has 0 aromatic heterocycles. The van der Waals surface area contributed by atoms with Crippen molar-refractivity contribution < 1.29 is 9.50 Å². The molecule has 0 spiro atoms. The Labute approximate surface area is 113 Å². The molecule has 3 atom stereocenters. The van der Waals surface area contributed by atoms with Gasteiger partial charge in [-0.1, -0.05) is 6.42 Å². The molecule has 104 valence electrons. The van der Waals surface area contributed by atoms with Crippen LogP contribution in [-0.4, -0.2) is 23.7 Å². The van der Waals surface area contributed by atoms with E-state index in [0.29, 0.717) is 18.0 Å². The summed E-state index contributed by atoms with van der Waals surface area (Å²) >= 11 is 0. The highest BCUT2D eigenvalue weighted by atomic mass is 19.1. The molecule has 1 aliphatic heterocycles. The van der Waals surface area contributed by atoms with Gasteiger partial charge in [-0.25, -0.2) is 4.39 Å². The van der Waals surface area contributed by atoms with Crippen molar-refractivity contribution in [2.75, 3.05) is 11.9 Å². The third-order valence-corrected chi connectivity index (χ3v) is 4.48. The SMILES string of the molecule is Oc1ccc(NC2CCCC2C2CCCN2)cc1F. The average Bonchev–Trinajstić information content (AvgIpc) is 3.04. The first-order valence-corrected chi connectivity index (χ1v) is 7.22. The molecule has 19 heavy (non-hydrogen) atoms. The normalized spacial score (nSPS) is 30.7. The van der Waals surface area contributed by atoms with Crippen molar-refractivity contribution >= 4 is 5.69 Å². The number of benzene rings is 1. The van der Waals surface area contributed by atoms with Gasteiger partial charge < -0.3 is 15.7 Å². The minimum absolute atomic E-state index is 0.286. The minimum Gasteiger partial charge on any atom is -0.505 e. The van der Waals surface area contributed by atoms with E-state index in [0.717, 1.165) is 18.7 Å². The minimum atomic E-state index is -0.557. The van der Waals surface area contributed by atoms with Crippen LogP contribution in [0.4, 0.5) is 10.1 Å². The molecule has 0 amide bonds. The number of halogens is 1. The van der Waals surface area contributed by atoms with Crippen LogP contribution in [0.2, 0.25) is 0 Å². The van der Waals surface area contributed by atoms with Crippen molar-refractivity contribution in [1.29, 1.82) is 0 Å². The van der Waals surface area contributed by atoms with Gasteiger partial charge in [0.05, 0.1) is 0 Å². The quantitative estimate of drug-likeness (QED) is 0.736. The fraction of sp³-hybridized carbons (Fsp3) is 0.600. The van der Waals surface area contributed by atoms with Gasteiger partial charge in [-0.2, -0.15) is 0 Å². The van der Waals surface area contributed by atoms with Crippen LogP contribution in [0.3, 0.4) is 0 Å². The number of hydrogen-bond acceptors (Lipinski definition) is 3. The first kappa shape index (κ1) is 12.7. The Morgan fingerprint density at radius 3 is 2.84 bits per heavy atom. The van der Waals surface area contributed by atoms with E-state index >= 15 is 0 Å². The third kappa shape index (κ3) is 2.68. The van der Waals surface area contributed by atoms with E-state index < -0.39 is 5.82 Å². The topological polar surface area (TPSA) is 44.3 Å². The van der Waals surface area contributed by atoms with Crippen molar-refractivity contribution in [1.82, 2.24) is 5.32 Å². The van der Waals surface area contributed by atoms with Crippen LogP contribution in [0.25, 0.3) is 0 Å². The van der Waals surface area contributed by atoms with Gasteiger partial charge >= 0.3 is 0 Å². The van der Waals surface area contributed by atoms with Crippen molar-refractivity contribution in [3.63, 3.8) is 0 Å². The van der Waals surface area contributed by atoms with Crippen molar-refractivity contribution in [3.05, 3.63) is 24.0 Å². The van der Waals surface area contributed by atoms with Crippen molar-refractivity contribution in [2.45, 2.75) is 44.2 Å². The number of phenols is 1. The molecule has 1 saturated carbocycles. The second-order valence-corrected chi connectivity index (χ2v) is 5.71. The molecule has 1 heterocycles. The molecule has 3 rings (SSSR count). The van der Waals surface area contributed by atoms with E-state index in [1.165, 1.54) is 37.8 Å². The number of nitrogens with one attached hydrogen (secondary N) is 2. The summed E-state index contributed by atoms with van der Waals surface area (Å²) in [7, 11) is 0. The zero-order valence-corrected chi connectivity index (χ0v) is 11.0. The third-order valence-electron chi connectivity index (χ3n) is 4.48. The molecule has 0 radical (unpaired) electrons. The summed E-state index contributed by atoms with van der Waals surface area (Å²) in [5, 5.41) is 16.2. The maximum absolute atomic E-state index is 13.3. The van der Waals surface area contributed by atoms with E-state index in [4.69, 9.17) is 0 Å². The average molecular weight is 264 g/mol. The molecule has 1 saturated heterocycles. The lowest BCUT2D eigenvalue weighted by molar-refractivity contribution is 0.376. The Morgan fingerprint density at radius 1 is 1.21 bits per heavy atom. The van der Waals surface area contributed by atoms with E-state index in [2.05, 4.69) is 10.6 Å². The number of aromatic hydroxyl groups is 1. The standard InChI is InChI=1S/C15H21FN2O/c16-12-9-10(6-7-15(12)19)18-14-4-1-3-11(14)13-5-2-8-17-13/h6-7,9,11,13-14,17-19H,1-5,8H2. The Bertz CT molecular complexity index is 446. The molecule has 2 fully saturated rings. The van der Waals surface area contributed by atoms with Crippen LogP contribution in [-0.2, 0) is 0 Å². The van der Waals surface area contributed by atoms with Gasteiger partial charge in [0.15, 0.2) is 11.6 Å². The van der Waals surface area contributed by atoms with Gasteiger partial charge in [0, 0.05) is 23.8 Å². The summed E-state index contributed by atoms with van der Waals surface area (Å²) < 4.78 is 13.3. The summed E-state index contributed by atoms with van der Waals surface area (Å²) in [5.74, 6) is -0.205. The second kappa shape index (κ2) is 5.37. The molecule has 3 nitrogen and oxygen atoms in total. The summed E-state index contributed by atoms with van der Waals surface area (Å²) in [6.45, 7) is 1.13. The van der Waals surface area contributed by atoms with Crippen LogP contribution < -0.4 is 10.6 Å². The Hall–Kier alpha value is -1.29. The van der Waals surface area contributed by atoms with Crippen LogP contribution in [0.5, 0.6) is 5.75 Å². The largest absolute Gasteiger partial charge is 0.505 e. The Balaban J connectivity index is 1.69. The lowest BCUT2D eigenvalue weighted by Crippen LogP contribution is -2.38. The molecule has 3 N–H and O–H groups in total. The van der Waals surface area contributed by atoms with Gasteiger partial charge in [0.1, 0.15) is 0 Å². The maximum atomic E-state index is 13.3. The van der Waals surface area contributed by atoms with Gasteiger partial charge in [-0.3, -0.25) is 0 Å². The van der Waals surface area contributed by atoms with Crippen LogP contribution in [0.1, 0.15) is 32.1 Å². The zero-order chi connectivity index (χ0) is 13.2. The molecule has 1 aliphatic carbocycles. The molecule has 0 bridgehead atoms. The highest BCUT2D eigenvalue weighted by molar-refractivity contribution is 5.48. The predicted octanol–water partition coefficient (Wildman–Crippen LogP) is 2.86.